The second kappa shape index (κ2) is 51.6. The van der Waals surface area contributed by atoms with Gasteiger partial charge in [-0.05, 0) is 64.2 Å². The SMILES string of the molecule is CCCCCCCC/C=C/CCCCCCCC(=O)O.CCCCCCCC/C=C\CCCCCCCC(=O)O.CCC[CH2][Sn][CH2]CCC. The van der Waals surface area contributed by atoms with Crippen molar-refractivity contribution in [3.63, 3.8) is 0 Å². The van der Waals surface area contributed by atoms with Crippen LogP contribution in [-0.4, -0.2) is 43.3 Å². The fourth-order valence-corrected chi connectivity index (χ4v) is 9.58. The maximum atomic E-state index is 10.3. The Bertz CT molecular complexity index is 620. The minimum atomic E-state index is -0.664. The molecular weight excluding hydrogens is 711 g/mol. The monoisotopic (exact) mass is 799 g/mol. The zero-order valence-corrected chi connectivity index (χ0v) is 36.4. The van der Waals surface area contributed by atoms with Gasteiger partial charge < -0.3 is 10.2 Å². The number of unbranched alkanes of at least 4 members (excludes halogenated alkanes) is 24. The molecule has 0 rings (SSSR count). The van der Waals surface area contributed by atoms with Crippen LogP contribution < -0.4 is 0 Å². The molecule has 5 heteroatoms. The Labute approximate surface area is 317 Å². The van der Waals surface area contributed by atoms with E-state index in [0.717, 1.165) is 25.7 Å². The van der Waals surface area contributed by atoms with E-state index in [4.69, 9.17) is 10.2 Å². The van der Waals surface area contributed by atoms with Gasteiger partial charge in [-0.3, -0.25) is 9.59 Å². The van der Waals surface area contributed by atoms with Gasteiger partial charge in [-0.15, -0.1) is 0 Å². The Morgan fingerprint density at radius 1 is 0.367 bits per heavy atom. The van der Waals surface area contributed by atoms with Gasteiger partial charge in [0, 0.05) is 12.8 Å². The Morgan fingerprint density at radius 2 is 0.612 bits per heavy atom. The zero-order chi connectivity index (χ0) is 36.7. The number of aliphatic carboxylic acids is 2. The molecule has 2 N–H and O–H groups in total. The minimum absolute atomic E-state index is 0.149. The second-order valence-electron chi connectivity index (χ2n) is 13.9. The molecule has 0 saturated heterocycles. The maximum absolute atomic E-state index is 10.3. The molecular formula is C44H86O4Sn. The van der Waals surface area contributed by atoms with E-state index in [9.17, 15) is 9.59 Å². The fourth-order valence-electron chi connectivity index (χ4n) is 5.42. The molecule has 0 fully saturated rings. The van der Waals surface area contributed by atoms with Crippen LogP contribution in [0.5, 0.6) is 0 Å². The summed E-state index contributed by atoms with van der Waals surface area (Å²) in [6.45, 7) is 9.10. The number of carboxylic acids is 2. The summed E-state index contributed by atoms with van der Waals surface area (Å²) in [5.41, 5.74) is 0. The summed E-state index contributed by atoms with van der Waals surface area (Å²) in [5.74, 6) is -1.33. The van der Waals surface area contributed by atoms with Crippen LogP contribution in [0.1, 0.15) is 233 Å². The first-order valence-electron chi connectivity index (χ1n) is 21.4. The third-order valence-corrected chi connectivity index (χ3v) is 12.8. The summed E-state index contributed by atoms with van der Waals surface area (Å²) in [6.07, 6.45) is 48.3. The van der Waals surface area contributed by atoms with E-state index < -0.39 is 11.9 Å². The van der Waals surface area contributed by atoms with Crippen LogP contribution in [0.3, 0.4) is 0 Å². The van der Waals surface area contributed by atoms with Crippen molar-refractivity contribution in [2.24, 2.45) is 0 Å². The molecule has 0 aromatic heterocycles. The molecule has 2 radical (unpaired) electrons. The van der Waals surface area contributed by atoms with Crippen molar-refractivity contribution < 1.29 is 19.8 Å². The van der Waals surface area contributed by atoms with Gasteiger partial charge in [0.05, 0.1) is 0 Å². The average Bonchev–Trinajstić information content (AvgIpc) is 3.08. The van der Waals surface area contributed by atoms with Crippen molar-refractivity contribution >= 4 is 33.1 Å². The predicted octanol–water partition coefficient (Wildman–Crippen LogP) is 15.3. The van der Waals surface area contributed by atoms with Gasteiger partial charge in [0.15, 0.2) is 0 Å². The van der Waals surface area contributed by atoms with Gasteiger partial charge in [-0.2, -0.15) is 0 Å². The molecule has 49 heavy (non-hydrogen) atoms. The molecule has 290 valence electrons. The Balaban J connectivity index is -0.000000695. The number of rotatable bonds is 36. The molecule has 0 aliphatic rings. The Morgan fingerprint density at radius 3 is 0.878 bits per heavy atom. The predicted molar refractivity (Wildman–Crippen MR) is 219 cm³/mol. The van der Waals surface area contributed by atoms with Crippen LogP contribution in [0.4, 0.5) is 0 Å². The first kappa shape index (κ1) is 52.6. The second-order valence-corrected chi connectivity index (χ2v) is 18.2. The van der Waals surface area contributed by atoms with E-state index in [2.05, 4.69) is 52.0 Å². The van der Waals surface area contributed by atoms with Gasteiger partial charge in [-0.1, -0.05) is 141 Å². The molecule has 0 bridgehead atoms. The van der Waals surface area contributed by atoms with E-state index in [0.29, 0.717) is 12.8 Å². The van der Waals surface area contributed by atoms with E-state index in [1.165, 1.54) is 167 Å². The molecule has 0 saturated carbocycles. The van der Waals surface area contributed by atoms with Gasteiger partial charge in [0.25, 0.3) is 0 Å². The van der Waals surface area contributed by atoms with Gasteiger partial charge in [0.2, 0.25) is 0 Å². The quantitative estimate of drug-likeness (QED) is 0.0376. The fraction of sp³-hybridized carbons (Fsp3) is 0.864. The van der Waals surface area contributed by atoms with Gasteiger partial charge >= 0.3 is 81.5 Å². The van der Waals surface area contributed by atoms with Crippen LogP contribution in [0, 0.1) is 0 Å². The van der Waals surface area contributed by atoms with E-state index in [-0.39, 0.29) is 21.1 Å². The summed E-state index contributed by atoms with van der Waals surface area (Å²) in [7, 11) is 0. The first-order valence-corrected chi connectivity index (χ1v) is 25.4. The number of allylic oxidation sites excluding steroid dienone is 4. The molecule has 0 aromatic rings. The number of hydrogen-bond donors (Lipinski definition) is 2. The van der Waals surface area contributed by atoms with Gasteiger partial charge in [-0.25, -0.2) is 0 Å². The van der Waals surface area contributed by atoms with Gasteiger partial charge in [0.1, 0.15) is 0 Å². The number of carboxylic acid groups (broad SMARTS) is 2. The zero-order valence-electron chi connectivity index (χ0n) is 33.6. The number of carbonyl (C=O) groups is 2. The average molecular weight is 798 g/mol. The molecule has 0 unspecified atom stereocenters. The van der Waals surface area contributed by atoms with Crippen molar-refractivity contribution in [2.75, 3.05) is 0 Å². The molecule has 0 amide bonds. The molecule has 4 nitrogen and oxygen atoms in total. The molecule has 0 aliphatic heterocycles. The van der Waals surface area contributed by atoms with Crippen molar-refractivity contribution in [3.8, 4) is 0 Å². The van der Waals surface area contributed by atoms with Crippen molar-refractivity contribution in [3.05, 3.63) is 24.3 Å². The van der Waals surface area contributed by atoms with E-state index in [1.807, 2.05) is 0 Å². The summed E-state index contributed by atoms with van der Waals surface area (Å²) >= 11 is 0.149. The van der Waals surface area contributed by atoms with Crippen molar-refractivity contribution in [1.29, 1.82) is 0 Å². The summed E-state index contributed by atoms with van der Waals surface area (Å²) in [4.78, 5) is 20.6. The third-order valence-electron chi connectivity index (χ3n) is 8.72. The van der Waals surface area contributed by atoms with Crippen molar-refractivity contribution in [1.82, 2.24) is 0 Å². The molecule has 0 heterocycles. The van der Waals surface area contributed by atoms with Crippen molar-refractivity contribution in [2.45, 2.75) is 242 Å². The van der Waals surface area contributed by atoms with Crippen LogP contribution in [0.2, 0.25) is 8.87 Å². The van der Waals surface area contributed by atoms with E-state index >= 15 is 0 Å². The molecule has 0 aromatic carbocycles. The van der Waals surface area contributed by atoms with Crippen LogP contribution in [-0.2, 0) is 9.59 Å². The summed E-state index contributed by atoms with van der Waals surface area (Å²) in [5, 5.41) is 17.0. The van der Waals surface area contributed by atoms with Crippen LogP contribution >= 0.6 is 0 Å². The molecule has 0 spiro atoms. The standard InChI is InChI=1S/2C18H34O2.2C4H9.Sn/c2*1-2-3-4-5-6-7-8-9-10-11-12-13-14-15-16-17-18(19)20;2*1-3-4-2;/h2*9-10H,2-8,11-17H2,1H3,(H,19,20);2*1,3-4H2,2H3;/b10-9+;10-9-;;;. The number of hydrogen-bond acceptors (Lipinski definition) is 2. The third kappa shape index (κ3) is 62.8. The topological polar surface area (TPSA) is 74.6 Å². The first-order chi connectivity index (χ1) is 24.0. The van der Waals surface area contributed by atoms with E-state index in [1.54, 1.807) is 8.87 Å². The molecule has 0 aliphatic carbocycles. The Kier molecular flexibility index (Phi) is 55.4. The Hall–Kier alpha value is -0.781. The normalized spacial score (nSPS) is 11.0. The van der Waals surface area contributed by atoms with Crippen LogP contribution in [0.25, 0.3) is 0 Å². The molecule has 0 atom stereocenters. The van der Waals surface area contributed by atoms with Crippen LogP contribution in [0.15, 0.2) is 24.3 Å². The summed E-state index contributed by atoms with van der Waals surface area (Å²) in [6, 6.07) is 0. The summed E-state index contributed by atoms with van der Waals surface area (Å²) < 4.78 is 3.25.